The van der Waals surface area contributed by atoms with Gasteiger partial charge < -0.3 is 9.47 Å². The quantitative estimate of drug-likeness (QED) is 0.161. The summed E-state index contributed by atoms with van der Waals surface area (Å²) in [5.41, 5.74) is 7.75. The molecule has 4 aromatic rings. The van der Waals surface area contributed by atoms with E-state index in [1.54, 1.807) is 0 Å². The van der Waals surface area contributed by atoms with E-state index in [1.807, 2.05) is 96.0 Å². The summed E-state index contributed by atoms with van der Waals surface area (Å²) in [5, 5.41) is 10.1. The minimum Gasteiger partial charge on any atom is -0.465 e. The lowest BCUT2D eigenvalue weighted by atomic mass is 10.1. The minimum absolute atomic E-state index is 0.239. The fourth-order valence-electron chi connectivity index (χ4n) is 5.37. The zero-order valence-corrected chi connectivity index (χ0v) is 24.3. The molecular formula is C34H34N4O4. The van der Waals surface area contributed by atoms with Gasteiger partial charge in [-0.25, -0.2) is 18.9 Å². The van der Waals surface area contributed by atoms with Crippen molar-refractivity contribution in [3.05, 3.63) is 95.3 Å². The first-order valence-corrected chi connectivity index (χ1v) is 14.3. The number of benzene rings is 2. The summed E-state index contributed by atoms with van der Waals surface area (Å²) in [6.07, 6.45) is 3.98. The van der Waals surface area contributed by atoms with Gasteiger partial charge in [-0.05, 0) is 51.7 Å². The van der Waals surface area contributed by atoms with Crippen LogP contribution in [0.25, 0.3) is 22.5 Å². The van der Waals surface area contributed by atoms with E-state index in [-0.39, 0.29) is 23.8 Å². The lowest BCUT2D eigenvalue weighted by molar-refractivity contribution is 0.0590. The van der Waals surface area contributed by atoms with Gasteiger partial charge in [0.15, 0.2) is 0 Å². The summed E-state index contributed by atoms with van der Waals surface area (Å²) >= 11 is 0. The lowest BCUT2D eigenvalue weighted by Gasteiger charge is -2.13. The first-order valence-electron chi connectivity index (χ1n) is 14.3. The van der Waals surface area contributed by atoms with Gasteiger partial charge in [-0.1, -0.05) is 60.7 Å². The van der Waals surface area contributed by atoms with Crippen LogP contribution in [0.4, 0.5) is 0 Å². The molecule has 0 N–H and O–H groups in total. The summed E-state index contributed by atoms with van der Waals surface area (Å²) < 4.78 is 14.1. The molecule has 2 aromatic carbocycles. The van der Waals surface area contributed by atoms with Crippen LogP contribution in [-0.2, 0) is 9.47 Å². The summed E-state index contributed by atoms with van der Waals surface area (Å²) in [6.45, 7) is 3.84. The topological polar surface area (TPSA) is 87.2 Å². The van der Waals surface area contributed by atoms with Gasteiger partial charge in [-0.15, -0.1) is 0 Å². The molecule has 0 aliphatic heterocycles. The molecule has 2 fully saturated rings. The molecule has 0 atom stereocenters. The molecule has 2 aromatic heterocycles. The number of hydrogen-bond donors (Lipinski definition) is 0. The maximum absolute atomic E-state index is 12.8. The molecule has 0 unspecified atom stereocenters. The molecular weight excluding hydrogens is 528 g/mol. The van der Waals surface area contributed by atoms with E-state index in [9.17, 15) is 9.59 Å². The highest BCUT2D eigenvalue weighted by atomic mass is 16.5. The molecule has 2 aliphatic carbocycles. The fraction of sp³-hybridized carbons (Fsp3) is 0.294. The number of carbonyl (C=O) groups is 2. The maximum Gasteiger partial charge on any atom is 0.339 e. The van der Waals surface area contributed by atoms with Gasteiger partial charge in [0, 0.05) is 23.0 Å². The monoisotopic (exact) mass is 562 g/mol. The zero-order chi connectivity index (χ0) is 29.4. The zero-order valence-electron chi connectivity index (χ0n) is 24.3. The molecule has 2 heterocycles. The van der Waals surface area contributed by atoms with Crippen molar-refractivity contribution < 1.29 is 19.1 Å². The van der Waals surface area contributed by atoms with E-state index in [2.05, 4.69) is 0 Å². The second kappa shape index (κ2) is 11.3. The molecule has 0 saturated heterocycles. The average molecular weight is 563 g/mol. The number of esters is 2. The van der Waals surface area contributed by atoms with E-state index in [4.69, 9.17) is 19.7 Å². The van der Waals surface area contributed by atoms with Crippen LogP contribution in [0, 0.1) is 0 Å². The molecule has 6 rings (SSSR count). The van der Waals surface area contributed by atoms with Gasteiger partial charge in [0.25, 0.3) is 0 Å². The summed E-state index contributed by atoms with van der Waals surface area (Å²) in [4.78, 5) is 25.7. The first-order chi connectivity index (χ1) is 20.4. The Kier molecular flexibility index (Phi) is 7.37. The number of carbonyl (C=O) groups excluding carboxylic acids is 2. The highest BCUT2D eigenvalue weighted by Crippen LogP contribution is 2.46. The first kappa shape index (κ1) is 27.4. The highest BCUT2D eigenvalue weighted by molar-refractivity contribution is 6.40. The van der Waals surface area contributed by atoms with Gasteiger partial charge in [0.2, 0.25) is 0 Å². The largest absolute Gasteiger partial charge is 0.465 e. The number of methoxy groups -OCH3 is 2. The van der Waals surface area contributed by atoms with Crippen LogP contribution in [0.1, 0.15) is 83.5 Å². The second-order valence-electron chi connectivity index (χ2n) is 10.9. The number of aromatic nitrogens is 2. The van der Waals surface area contributed by atoms with Crippen molar-refractivity contribution in [1.29, 1.82) is 0 Å². The predicted molar refractivity (Wildman–Crippen MR) is 163 cm³/mol. The van der Waals surface area contributed by atoms with Crippen LogP contribution in [0.15, 0.2) is 83.0 Å². The smallest absolute Gasteiger partial charge is 0.339 e. The predicted octanol–water partition coefficient (Wildman–Crippen LogP) is 7.10. The third-order valence-electron chi connectivity index (χ3n) is 7.93. The molecule has 214 valence electrons. The van der Waals surface area contributed by atoms with Crippen molar-refractivity contribution in [2.75, 3.05) is 14.2 Å². The Hall–Kier alpha value is -4.72. The Morgan fingerprint density at radius 3 is 1.31 bits per heavy atom. The van der Waals surface area contributed by atoms with Crippen molar-refractivity contribution in [1.82, 2.24) is 9.35 Å². The molecule has 2 aliphatic rings. The van der Waals surface area contributed by atoms with Crippen molar-refractivity contribution in [2.45, 2.75) is 51.4 Å². The Bertz CT molecular complexity index is 1580. The third-order valence-corrected chi connectivity index (χ3v) is 7.93. The average Bonchev–Trinajstić information content (AvgIpc) is 3.97. The fourth-order valence-corrected chi connectivity index (χ4v) is 5.37. The molecule has 42 heavy (non-hydrogen) atoms. The standard InChI is InChI=1S/C34H34N4O4/c1-21(35-37-29(23-11-7-5-8-12-23)19-27(33(39)41-3)31(37)25-15-16-25)22(2)36-38-30(24-13-9-6-10-14-24)20-28(34(40)42-4)32(38)26-17-18-26/h5-14,19-20,25-26H,15-18H2,1-4H3. The van der Waals surface area contributed by atoms with Gasteiger partial charge in [0.1, 0.15) is 0 Å². The number of hydrogen-bond acceptors (Lipinski definition) is 6. The van der Waals surface area contributed by atoms with E-state index in [0.29, 0.717) is 22.6 Å². The van der Waals surface area contributed by atoms with E-state index in [0.717, 1.165) is 59.6 Å². The molecule has 0 radical (unpaired) electrons. The van der Waals surface area contributed by atoms with E-state index in [1.165, 1.54) is 14.2 Å². The van der Waals surface area contributed by atoms with Gasteiger partial charge >= 0.3 is 11.9 Å². The molecule has 2 saturated carbocycles. The molecule has 0 bridgehead atoms. The van der Waals surface area contributed by atoms with Crippen molar-refractivity contribution >= 4 is 23.4 Å². The van der Waals surface area contributed by atoms with Gasteiger partial charge in [-0.2, -0.15) is 10.2 Å². The van der Waals surface area contributed by atoms with Crippen LogP contribution in [0.5, 0.6) is 0 Å². The minimum atomic E-state index is -0.365. The van der Waals surface area contributed by atoms with E-state index >= 15 is 0 Å². The number of nitrogens with zero attached hydrogens (tertiary/aromatic N) is 4. The SMILES string of the molecule is COC(=O)c1cc(-c2ccccc2)n(N=C(C)C(C)=Nn2c(-c3ccccc3)cc(C(=O)OC)c2C2CC2)c1C1CC1. The maximum atomic E-state index is 12.8. The number of ether oxygens (including phenoxy) is 2. The van der Waals surface area contributed by atoms with Crippen LogP contribution >= 0.6 is 0 Å². The normalized spacial score (nSPS) is 15.5. The van der Waals surface area contributed by atoms with E-state index < -0.39 is 0 Å². The third kappa shape index (κ3) is 5.20. The molecule has 0 spiro atoms. The Labute approximate surface area is 245 Å². The van der Waals surface area contributed by atoms with Crippen LogP contribution in [-0.4, -0.2) is 46.9 Å². The Morgan fingerprint density at radius 1 is 0.643 bits per heavy atom. The summed E-state index contributed by atoms with van der Waals surface area (Å²) in [6, 6.07) is 23.6. The molecule has 8 heteroatoms. The van der Waals surface area contributed by atoms with Crippen LogP contribution < -0.4 is 0 Å². The number of rotatable bonds is 9. The Balaban J connectivity index is 1.51. The second-order valence-corrected chi connectivity index (χ2v) is 10.9. The van der Waals surface area contributed by atoms with Crippen LogP contribution in [0.2, 0.25) is 0 Å². The van der Waals surface area contributed by atoms with Gasteiger partial charge in [-0.3, -0.25) is 0 Å². The Morgan fingerprint density at radius 2 is 1.00 bits per heavy atom. The molecule has 8 nitrogen and oxygen atoms in total. The van der Waals surface area contributed by atoms with Crippen molar-refractivity contribution in [3.63, 3.8) is 0 Å². The molecule has 0 amide bonds. The van der Waals surface area contributed by atoms with Crippen molar-refractivity contribution in [3.8, 4) is 22.5 Å². The van der Waals surface area contributed by atoms with Crippen LogP contribution in [0.3, 0.4) is 0 Å². The highest BCUT2D eigenvalue weighted by Gasteiger charge is 2.36. The van der Waals surface area contributed by atoms with Crippen molar-refractivity contribution in [2.24, 2.45) is 10.2 Å². The summed E-state index contributed by atoms with van der Waals surface area (Å²) in [7, 11) is 2.82. The van der Waals surface area contributed by atoms with Gasteiger partial charge in [0.05, 0.1) is 59.5 Å². The summed E-state index contributed by atoms with van der Waals surface area (Å²) in [5.74, 6) is -0.252. The lowest BCUT2D eigenvalue weighted by Crippen LogP contribution is -2.14.